The maximum absolute atomic E-state index is 12.7. The van der Waals surface area contributed by atoms with E-state index in [2.05, 4.69) is 40.1 Å². The van der Waals surface area contributed by atoms with E-state index < -0.39 is 0 Å². The molecule has 2 unspecified atom stereocenters. The topological polar surface area (TPSA) is 45.2 Å². The lowest BCUT2D eigenvalue weighted by Crippen LogP contribution is -2.44. The van der Waals surface area contributed by atoms with Gasteiger partial charge in [0.25, 0.3) is 5.91 Å². The van der Waals surface area contributed by atoms with E-state index >= 15 is 0 Å². The van der Waals surface area contributed by atoms with Gasteiger partial charge in [0.2, 0.25) is 0 Å². The van der Waals surface area contributed by atoms with Gasteiger partial charge in [-0.3, -0.25) is 4.79 Å². The van der Waals surface area contributed by atoms with E-state index in [4.69, 9.17) is 0 Å². The first kappa shape index (κ1) is 14.3. The van der Waals surface area contributed by atoms with Gasteiger partial charge in [0.05, 0.1) is 5.56 Å². The number of carbonyl (C=O) groups excluding carboxylic acids is 1. The van der Waals surface area contributed by atoms with Crippen LogP contribution in [0.2, 0.25) is 0 Å². The molecule has 104 valence electrons. The zero-order valence-corrected chi connectivity index (χ0v) is 13.2. The number of carbonyl (C=O) groups is 1. The summed E-state index contributed by atoms with van der Waals surface area (Å²) in [5, 5.41) is 2.99. The Morgan fingerprint density at radius 3 is 2.89 bits per heavy atom. The minimum Gasteiger partial charge on any atom is -0.372 e. The molecule has 1 aromatic heterocycles. The summed E-state index contributed by atoms with van der Waals surface area (Å²) in [6.07, 6.45) is 3.85. The Labute approximate surface area is 122 Å². The first-order valence-electron chi connectivity index (χ1n) is 6.67. The van der Waals surface area contributed by atoms with Crippen LogP contribution in [0, 0.1) is 5.92 Å². The van der Waals surface area contributed by atoms with E-state index in [1.54, 1.807) is 13.2 Å². The summed E-state index contributed by atoms with van der Waals surface area (Å²) in [6, 6.07) is 2.13. The summed E-state index contributed by atoms with van der Waals surface area (Å²) < 4.78 is 0.827. The summed E-state index contributed by atoms with van der Waals surface area (Å²) >= 11 is 3.38. The van der Waals surface area contributed by atoms with E-state index in [0.29, 0.717) is 23.3 Å². The molecule has 5 heteroatoms. The van der Waals surface area contributed by atoms with Crippen molar-refractivity contribution >= 4 is 27.7 Å². The molecule has 4 nitrogen and oxygen atoms in total. The van der Waals surface area contributed by atoms with Crippen LogP contribution in [0.5, 0.6) is 0 Å². The largest absolute Gasteiger partial charge is 0.372 e. The molecule has 1 aliphatic rings. The van der Waals surface area contributed by atoms with E-state index in [0.717, 1.165) is 23.9 Å². The molecular formula is C14H20BrN3O. The summed E-state index contributed by atoms with van der Waals surface area (Å²) in [4.78, 5) is 18.9. The second-order valence-electron chi connectivity index (χ2n) is 5.28. The van der Waals surface area contributed by atoms with E-state index in [-0.39, 0.29) is 5.91 Å². The molecular weight excluding hydrogens is 306 g/mol. The minimum absolute atomic E-state index is 0.0672. The van der Waals surface area contributed by atoms with Gasteiger partial charge in [-0.05, 0) is 47.7 Å². The van der Waals surface area contributed by atoms with Gasteiger partial charge in [0.1, 0.15) is 5.82 Å². The second kappa shape index (κ2) is 5.90. The number of halogens is 1. The van der Waals surface area contributed by atoms with Gasteiger partial charge in [-0.25, -0.2) is 4.98 Å². The average molecular weight is 326 g/mol. The van der Waals surface area contributed by atoms with Crippen LogP contribution >= 0.6 is 15.9 Å². The van der Waals surface area contributed by atoms with Gasteiger partial charge < -0.3 is 10.2 Å². The van der Waals surface area contributed by atoms with Crippen molar-refractivity contribution in [3.63, 3.8) is 0 Å². The predicted octanol–water partition coefficient (Wildman–Crippen LogP) is 3.15. The molecule has 1 aromatic rings. The maximum atomic E-state index is 12.7. The van der Waals surface area contributed by atoms with E-state index in [9.17, 15) is 4.79 Å². The van der Waals surface area contributed by atoms with Crippen LogP contribution in [0.4, 0.5) is 5.82 Å². The number of likely N-dealkylation sites (tertiary alicyclic amines) is 1. The van der Waals surface area contributed by atoms with Crippen molar-refractivity contribution in [3.05, 3.63) is 22.3 Å². The second-order valence-corrected chi connectivity index (χ2v) is 6.19. The Morgan fingerprint density at radius 1 is 1.53 bits per heavy atom. The van der Waals surface area contributed by atoms with Gasteiger partial charge >= 0.3 is 0 Å². The third-order valence-corrected chi connectivity index (χ3v) is 4.15. The van der Waals surface area contributed by atoms with Crippen LogP contribution in [-0.2, 0) is 0 Å². The Hall–Kier alpha value is -1.10. The summed E-state index contributed by atoms with van der Waals surface area (Å²) in [5.41, 5.74) is 0.637. The molecule has 1 aliphatic heterocycles. The SMILES string of the molecule is CNc1ncc(Br)cc1C(=O)N1CCC(C)CC1C. The summed E-state index contributed by atoms with van der Waals surface area (Å²) in [5.74, 6) is 1.40. The third kappa shape index (κ3) is 3.08. The van der Waals surface area contributed by atoms with Gasteiger partial charge in [0, 0.05) is 30.3 Å². The zero-order valence-electron chi connectivity index (χ0n) is 11.6. The smallest absolute Gasteiger partial charge is 0.257 e. The highest BCUT2D eigenvalue weighted by Gasteiger charge is 2.28. The standard InChI is InChI=1S/C14H20BrN3O/c1-9-4-5-18(10(2)6-9)14(19)12-7-11(15)8-17-13(12)16-3/h7-10H,4-6H2,1-3H3,(H,16,17). The molecule has 2 heterocycles. The number of rotatable bonds is 2. The molecule has 0 spiro atoms. The predicted molar refractivity (Wildman–Crippen MR) is 80.4 cm³/mol. The fourth-order valence-corrected chi connectivity index (χ4v) is 3.00. The molecule has 1 saturated heterocycles. The van der Waals surface area contributed by atoms with Gasteiger partial charge in [-0.15, -0.1) is 0 Å². The van der Waals surface area contributed by atoms with Crippen molar-refractivity contribution in [2.24, 2.45) is 5.92 Å². The fraction of sp³-hybridized carbons (Fsp3) is 0.571. The Kier molecular flexibility index (Phi) is 4.45. The average Bonchev–Trinajstić information content (AvgIpc) is 2.38. The van der Waals surface area contributed by atoms with Crippen molar-refractivity contribution in [1.29, 1.82) is 0 Å². The number of aromatic nitrogens is 1. The summed E-state index contributed by atoms with van der Waals surface area (Å²) in [7, 11) is 1.79. The van der Waals surface area contributed by atoms with Crippen LogP contribution in [0.25, 0.3) is 0 Å². The van der Waals surface area contributed by atoms with Crippen LogP contribution in [0.15, 0.2) is 16.7 Å². The highest BCUT2D eigenvalue weighted by Crippen LogP contribution is 2.26. The van der Waals surface area contributed by atoms with Gasteiger partial charge in [0.15, 0.2) is 0 Å². The fourth-order valence-electron chi connectivity index (χ4n) is 2.67. The van der Waals surface area contributed by atoms with Crippen LogP contribution in [0.1, 0.15) is 37.0 Å². The molecule has 0 aromatic carbocycles. The third-order valence-electron chi connectivity index (χ3n) is 3.72. The number of nitrogens with one attached hydrogen (secondary N) is 1. The molecule has 0 bridgehead atoms. The normalized spacial score (nSPS) is 23.3. The molecule has 19 heavy (non-hydrogen) atoms. The van der Waals surface area contributed by atoms with Crippen molar-refractivity contribution < 1.29 is 4.79 Å². The van der Waals surface area contributed by atoms with Crippen LogP contribution in [0.3, 0.4) is 0 Å². The molecule has 1 N–H and O–H groups in total. The van der Waals surface area contributed by atoms with Crippen molar-refractivity contribution in [2.75, 3.05) is 18.9 Å². The Bertz CT molecular complexity index is 478. The van der Waals surface area contributed by atoms with Crippen LogP contribution < -0.4 is 5.32 Å². The first-order chi connectivity index (χ1) is 9.02. The highest BCUT2D eigenvalue weighted by atomic mass is 79.9. The number of amides is 1. The maximum Gasteiger partial charge on any atom is 0.257 e. The molecule has 0 saturated carbocycles. The van der Waals surface area contributed by atoms with Gasteiger partial charge in [-0.2, -0.15) is 0 Å². The number of hydrogen-bond acceptors (Lipinski definition) is 3. The van der Waals surface area contributed by atoms with Gasteiger partial charge in [-0.1, -0.05) is 6.92 Å². The quantitative estimate of drug-likeness (QED) is 0.908. The minimum atomic E-state index is 0.0672. The Balaban J connectivity index is 2.26. The number of piperidine rings is 1. The first-order valence-corrected chi connectivity index (χ1v) is 7.46. The molecule has 1 fully saturated rings. The number of pyridine rings is 1. The van der Waals surface area contributed by atoms with Crippen molar-refractivity contribution in [1.82, 2.24) is 9.88 Å². The van der Waals surface area contributed by atoms with Crippen molar-refractivity contribution in [2.45, 2.75) is 32.7 Å². The lowest BCUT2D eigenvalue weighted by atomic mass is 9.93. The van der Waals surface area contributed by atoms with E-state index in [1.165, 1.54) is 0 Å². The number of nitrogens with zero attached hydrogens (tertiary/aromatic N) is 2. The van der Waals surface area contributed by atoms with Crippen molar-refractivity contribution in [3.8, 4) is 0 Å². The highest BCUT2D eigenvalue weighted by molar-refractivity contribution is 9.10. The Morgan fingerprint density at radius 2 is 2.26 bits per heavy atom. The molecule has 2 rings (SSSR count). The molecule has 2 atom stereocenters. The lowest BCUT2D eigenvalue weighted by molar-refractivity contribution is 0.0589. The zero-order chi connectivity index (χ0) is 14.0. The van der Waals surface area contributed by atoms with E-state index in [1.807, 2.05) is 11.0 Å². The molecule has 1 amide bonds. The number of anilines is 1. The number of hydrogen-bond donors (Lipinski definition) is 1. The summed E-state index contributed by atoms with van der Waals surface area (Å²) in [6.45, 7) is 5.20. The molecule has 0 aliphatic carbocycles. The lowest BCUT2D eigenvalue weighted by Gasteiger charge is -2.36. The van der Waals surface area contributed by atoms with Crippen LogP contribution in [-0.4, -0.2) is 35.4 Å². The molecule has 0 radical (unpaired) electrons. The monoisotopic (exact) mass is 325 g/mol.